The number of rotatable bonds is 4. The minimum atomic E-state index is 0.711. The van der Waals surface area contributed by atoms with Gasteiger partial charge in [0.2, 0.25) is 5.95 Å². The van der Waals surface area contributed by atoms with Gasteiger partial charge in [-0.05, 0) is 38.0 Å². The van der Waals surface area contributed by atoms with Crippen molar-refractivity contribution in [1.82, 2.24) is 15.0 Å². The van der Waals surface area contributed by atoms with Crippen molar-refractivity contribution >= 4 is 16.9 Å². The van der Waals surface area contributed by atoms with Crippen molar-refractivity contribution < 1.29 is 0 Å². The first-order valence-electron chi connectivity index (χ1n) is 6.83. The Morgan fingerprint density at radius 1 is 1.10 bits per heavy atom. The monoisotopic (exact) mass is 266 g/mol. The summed E-state index contributed by atoms with van der Waals surface area (Å²) in [5.74, 6) is 0.711. The van der Waals surface area contributed by atoms with E-state index in [0.717, 1.165) is 24.4 Å². The Morgan fingerprint density at radius 3 is 2.65 bits per heavy atom. The molecule has 0 aliphatic heterocycles. The van der Waals surface area contributed by atoms with E-state index in [1.807, 2.05) is 26.0 Å². The molecule has 2 heterocycles. The van der Waals surface area contributed by atoms with E-state index in [1.54, 1.807) is 0 Å². The number of anilines is 1. The van der Waals surface area contributed by atoms with Gasteiger partial charge in [-0.15, -0.1) is 0 Å². The fourth-order valence-electron chi connectivity index (χ4n) is 2.45. The van der Waals surface area contributed by atoms with Crippen molar-refractivity contribution in [3.05, 3.63) is 53.5 Å². The van der Waals surface area contributed by atoms with Gasteiger partial charge in [-0.2, -0.15) is 0 Å². The van der Waals surface area contributed by atoms with Crippen LogP contribution in [0.2, 0.25) is 0 Å². The SMILES string of the molecule is Cc1cc(C)nc(NCCc2c[nH]c3ccccc23)n1. The van der Waals surface area contributed by atoms with E-state index in [2.05, 4.69) is 44.7 Å². The molecule has 20 heavy (non-hydrogen) atoms. The number of nitrogens with zero attached hydrogens (tertiary/aromatic N) is 2. The first-order chi connectivity index (χ1) is 9.72. The summed E-state index contributed by atoms with van der Waals surface area (Å²) < 4.78 is 0. The third-order valence-electron chi connectivity index (χ3n) is 3.33. The second kappa shape index (κ2) is 5.33. The van der Waals surface area contributed by atoms with E-state index in [9.17, 15) is 0 Å². The molecule has 0 unspecified atom stereocenters. The standard InChI is InChI=1S/C16H18N4/c1-11-9-12(2)20-16(19-11)17-8-7-13-10-18-15-6-4-3-5-14(13)15/h3-6,9-10,18H,7-8H2,1-2H3,(H,17,19,20). The normalized spacial score (nSPS) is 10.9. The molecule has 102 valence electrons. The van der Waals surface area contributed by atoms with Crippen LogP contribution in [0.25, 0.3) is 10.9 Å². The smallest absolute Gasteiger partial charge is 0.223 e. The predicted molar refractivity (Wildman–Crippen MR) is 82.0 cm³/mol. The van der Waals surface area contributed by atoms with E-state index in [0.29, 0.717) is 5.95 Å². The van der Waals surface area contributed by atoms with Crippen LogP contribution in [-0.4, -0.2) is 21.5 Å². The zero-order chi connectivity index (χ0) is 13.9. The highest BCUT2D eigenvalue weighted by Crippen LogP contribution is 2.18. The van der Waals surface area contributed by atoms with Crippen molar-refractivity contribution in [2.45, 2.75) is 20.3 Å². The third-order valence-corrected chi connectivity index (χ3v) is 3.33. The summed E-state index contributed by atoms with van der Waals surface area (Å²) in [4.78, 5) is 12.1. The number of para-hydroxylation sites is 1. The van der Waals surface area contributed by atoms with E-state index in [-0.39, 0.29) is 0 Å². The topological polar surface area (TPSA) is 53.6 Å². The Labute approximate surface area is 118 Å². The number of aromatic amines is 1. The third kappa shape index (κ3) is 2.64. The van der Waals surface area contributed by atoms with Gasteiger partial charge in [0.15, 0.2) is 0 Å². The average Bonchev–Trinajstić information content (AvgIpc) is 2.81. The lowest BCUT2D eigenvalue weighted by Crippen LogP contribution is -2.08. The summed E-state index contributed by atoms with van der Waals surface area (Å²) in [7, 11) is 0. The van der Waals surface area contributed by atoms with Crippen LogP contribution >= 0.6 is 0 Å². The number of H-pyrrole nitrogens is 1. The lowest BCUT2D eigenvalue weighted by Gasteiger charge is -2.06. The number of hydrogen-bond acceptors (Lipinski definition) is 3. The van der Waals surface area contributed by atoms with Crippen LogP contribution in [0.5, 0.6) is 0 Å². The van der Waals surface area contributed by atoms with Crippen LogP contribution in [0.1, 0.15) is 17.0 Å². The number of nitrogens with one attached hydrogen (secondary N) is 2. The van der Waals surface area contributed by atoms with Crippen LogP contribution in [0, 0.1) is 13.8 Å². The number of fused-ring (bicyclic) bond motifs is 1. The summed E-state index contributed by atoms with van der Waals surface area (Å²) in [5, 5.41) is 4.58. The maximum Gasteiger partial charge on any atom is 0.223 e. The largest absolute Gasteiger partial charge is 0.361 e. The fraction of sp³-hybridized carbons (Fsp3) is 0.250. The Hall–Kier alpha value is -2.36. The summed E-state index contributed by atoms with van der Waals surface area (Å²) in [6.07, 6.45) is 3.02. The molecular formula is C16H18N4. The molecule has 0 saturated heterocycles. The molecule has 0 fully saturated rings. The second-order valence-corrected chi connectivity index (χ2v) is 5.01. The molecule has 0 aliphatic rings. The Balaban J connectivity index is 1.68. The highest BCUT2D eigenvalue weighted by molar-refractivity contribution is 5.83. The first kappa shape index (κ1) is 12.7. The molecule has 0 spiro atoms. The molecule has 1 aromatic carbocycles. The van der Waals surface area contributed by atoms with Crippen molar-refractivity contribution in [1.29, 1.82) is 0 Å². The summed E-state index contributed by atoms with van der Waals surface area (Å²) in [6.45, 7) is 4.80. The first-order valence-corrected chi connectivity index (χ1v) is 6.83. The van der Waals surface area contributed by atoms with Crippen molar-refractivity contribution in [3.8, 4) is 0 Å². The maximum atomic E-state index is 4.39. The van der Waals surface area contributed by atoms with E-state index < -0.39 is 0 Å². The molecule has 0 bridgehead atoms. The van der Waals surface area contributed by atoms with E-state index in [4.69, 9.17) is 0 Å². The van der Waals surface area contributed by atoms with Crippen LogP contribution in [0.3, 0.4) is 0 Å². The molecular weight excluding hydrogens is 248 g/mol. The summed E-state index contributed by atoms with van der Waals surface area (Å²) >= 11 is 0. The van der Waals surface area contributed by atoms with Crippen molar-refractivity contribution in [2.75, 3.05) is 11.9 Å². The van der Waals surface area contributed by atoms with Crippen LogP contribution in [0.4, 0.5) is 5.95 Å². The van der Waals surface area contributed by atoms with E-state index >= 15 is 0 Å². The lowest BCUT2D eigenvalue weighted by molar-refractivity contribution is 0.967. The number of aromatic nitrogens is 3. The zero-order valence-corrected chi connectivity index (χ0v) is 11.8. The molecule has 3 rings (SSSR count). The van der Waals surface area contributed by atoms with Crippen molar-refractivity contribution in [2.24, 2.45) is 0 Å². The highest BCUT2D eigenvalue weighted by Gasteiger charge is 2.03. The van der Waals surface area contributed by atoms with Crippen molar-refractivity contribution in [3.63, 3.8) is 0 Å². The van der Waals surface area contributed by atoms with Crippen LogP contribution in [-0.2, 0) is 6.42 Å². The fourth-order valence-corrected chi connectivity index (χ4v) is 2.45. The van der Waals surface area contributed by atoms with Gasteiger partial charge in [0.1, 0.15) is 0 Å². The minimum Gasteiger partial charge on any atom is -0.361 e. The highest BCUT2D eigenvalue weighted by atomic mass is 15.1. The maximum absolute atomic E-state index is 4.39. The van der Waals surface area contributed by atoms with Crippen LogP contribution in [0.15, 0.2) is 36.5 Å². The van der Waals surface area contributed by atoms with Crippen LogP contribution < -0.4 is 5.32 Å². The van der Waals surface area contributed by atoms with E-state index in [1.165, 1.54) is 16.5 Å². The minimum absolute atomic E-state index is 0.711. The van der Waals surface area contributed by atoms with Gasteiger partial charge in [-0.3, -0.25) is 0 Å². The lowest BCUT2D eigenvalue weighted by atomic mass is 10.1. The quantitative estimate of drug-likeness (QED) is 0.762. The molecule has 2 aromatic heterocycles. The summed E-state index contributed by atoms with van der Waals surface area (Å²) in [6, 6.07) is 10.3. The molecule has 0 radical (unpaired) electrons. The molecule has 0 aliphatic carbocycles. The molecule has 0 amide bonds. The van der Waals surface area contributed by atoms with Gasteiger partial charge in [0.25, 0.3) is 0 Å². The average molecular weight is 266 g/mol. The van der Waals surface area contributed by atoms with Gasteiger partial charge >= 0.3 is 0 Å². The number of hydrogen-bond donors (Lipinski definition) is 2. The molecule has 4 heteroatoms. The van der Waals surface area contributed by atoms with Gasteiger partial charge in [0, 0.05) is 35.0 Å². The second-order valence-electron chi connectivity index (χ2n) is 5.01. The van der Waals surface area contributed by atoms with Gasteiger partial charge < -0.3 is 10.3 Å². The molecule has 0 saturated carbocycles. The molecule has 4 nitrogen and oxygen atoms in total. The Morgan fingerprint density at radius 2 is 1.85 bits per heavy atom. The van der Waals surface area contributed by atoms with Gasteiger partial charge in [-0.25, -0.2) is 9.97 Å². The summed E-state index contributed by atoms with van der Waals surface area (Å²) in [5.41, 5.74) is 4.49. The predicted octanol–water partition coefficient (Wildman–Crippen LogP) is 3.23. The Bertz CT molecular complexity index is 710. The zero-order valence-electron chi connectivity index (χ0n) is 11.8. The molecule has 3 aromatic rings. The van der Waals surface area contributed by atoms with Gasteiger partial charge in [-0.1, -0.05) is 18.2 Å². The molecule has 0 atom stereocenters. The van der Waals surface area contributed by atoms with Gasteiger partial charge in [0.05, 0.1) is 0 Å². The Kier molecular flexibility index (Phi) is 3.37. The number of aryl methyl sites for hydroxylation is 2. The molecule has 2 N–H and O–H groups in total. The number of benzene rings is 1.